The summed E-state index contributed by atoms with van der Waals surface area (Å²) >= 11 is 0. The van der Waals surface area contributed by atoms with Crippen molar-refractivity contribution in [3.63, 3.8) is 0 Å². The van der Waals surface area contributed by atoms with Crippen LogP contribution in [-0.4, -0.2) is 45.2 Å². The molecule has 3 rings (SSSR count). The Morgan fingerprint density at radius 1 is 1.26 bits per heavy atom. The van der Waals surface area contributed by atoms with Crippen molar-refractivity contribution in [1.82, 2.24) is 0 Å². The summed E-state index contributed by atoms with van der Waals surface area (Å²) in [6.45, 7) is 1.47. The summed E-state index contributed by atoms with van der Waals surface area (Å²) in [5, 5.41) is 3.55. The molecular formula is C18H26FNO3. The quantitative estimate of drug-likeness (QED) is 0.903. The molecule has 128 valence electrons. The number of nitrogens with one attached hydrogen (secondary N) is 1. The lowest BCUT2D eigenvalue weighted by molar-refractivity contribution is -0.210. The lowest BCUT2D eigenvalue weighted by Crippen LogP contribution is -2.65. The second-order valence-corrected chi connectivity index (χ2v) is 6.55. The molecule has 1 N–H and O–H groups in total. The Labute approximate surface area is 137 Å². The number of rotatable bonds is 5. The van der Waals surface area contributed by atoms with Gasteiger partial charge in [-0.1, -0.05) is 0 Å². The molecule has 1 saturated carbocycles. The first-order chi connectivity index (χ1) is 11.2. The fourth-order valence-electron chi connectivity index (χ4n) is 4.21. The molecule has 1 aromatic rings. The van der Waals surface area contributed by atoms with E-state index in [2.05, 4.69) is 5.32 Å². The predicted octanol–water partition coefficient (Wildman–Crippen LogP) is 3.23. The smallest absolute Gasteiger partial charge is 0.123 e. The van der Waals surface area contributed by atoms with Crippen LogP contribution in [-0.2, 0) is 14.2 Å². The van der Waals surface area contributed by atoms with Crippen molar-refractivity contribution >= 4 is 5.69 Å². The molecule has 0 unspecified atom stereocenters. The lowest BCUT2D eigenvalue weighted by atomic mass is 9.69. The van der Waals surface area contributed by atoms with Gasteiger partial charge in [0, 0.05) is 32.4 Å². The molecule has 0 aromatic heterocycles. The molecule has 1 aromatic carbocycles. The minimum absolute atomic E-state index is 0.0351. The Hall–Kier alpha value is -1.17. The highest BCUT2D eigenvalue weighted by Gasteiger charge is 2.54. The van der Waals surface area contributed by atoms with E-state index in [0.717, 1.165) is 38.0 Å². The third-order valence-corrected chi connectivity index (χ3v) is 5.28. The fraction of sp³-hybridized carbons (Fsp3) is 0.667. The van der Waals surface area contributed by atoms with Crippen molar-refractivity contribution in [1.29, 1.82) is 0 Å². The second-order valence-electron chi connectivity index (χ2n) is 6.55. The number of hydrogen-bond donors (Lipinski definition) is 1. The highest BCUT2D eigenvalue weighted by Crippen LogP contribution is 2.44. The Balaban J connectivity index is 1.83. The maximum atomic E-state index is 13.1. The number of methoxy groups -OCH3 is 2. The van der Waals surface area contributed by atoms with Gasteiger partial charge in [-0.25, -0.2) is 4.39 Å². The fourth-order valence-corrected chi connectivity index (χ4v) is 4.21. The molecule has 5 heteroatoms. The van der Waals surface area contributed by atoms with Crippen LogP contribution >= 0.6 is 0 Å². The molecule has 2 fully saturated rings. The van der Waals surface area contributed by atoms with E-state index >= 15 is 0 Å². The topological polar surface area (TPSA) is 39.7 Å². The minimum atomic E-state index is -0.353. The summed E-state index contributed by atoms with van der Waals surface area (Å²) in [5.41, 5.74) is 0.566. The van der Waals surface area contributed by atoms with Gasteiger partial charge in [-0.2, -0.15) is 0 Å². The number of fused-ring (bicyclic) bond motifs is 1. The summed E-state index contributed by atoms with van der Waals surface area (Å²) in [6.07, 6.45) is 4.01. The third kappa shape index (κ3) is 3.23. The second kappa shape index (κ2) is 7.16. The number of benzene rings is 1. The summed E-state index contributed by atoms with van der Waals surface area (Å²) < 4.78 is 30.7. The average Bonchev–Trinajstić information content (AvgIpc) is 2.59. The average molecular weight is 323 g/mol. The number of ether oxygens (including phenoxy) is 3. The molecule has 1 aliphatic carbocycles. The number of halogens is 1. The van der Waals surface area contributed by atoms with Gasteiger partial charge in [0.05, 0.1) is 18.8 Å². The largest absolute Gasteiger partial charge is 0.384 e. The highest BCUT2D eigenvalue weighted by atomic mass is 19.1. The minimum Gasteiger partial charge on any atom is -0.384 e. The monoisotopic (exact) mass is 323 g/mol. The van der Waals surface area contributed by atoms with E-state index in [4.69, 9.17) is 14.2 Å². The van der Waals surface area contributed by atoms with E-state index < -0.39 is 0 Å². The summed E-state index contributed by atoms with van der Waals surface area (Å²) in [5.74, 6) is 0.131. The zero-order valence-electron chi connectivity index (χ0n) is 13.9. The van der Waals surface area contributed by atoms with Gasteiger partial charge in [-0.05, 0) is 49.9 Å². The van der Waals surface area contributed by atoms with Crippen LogP contribution in [0.3, 0.4) is 0 Å². The van der Waals surface area contributed by atoms with Gasteiger partial charge < -0.3 is 19.5 Å². The van der Waals surface area contributed by atoms with Crippen LogP contribution in [0.1, 0.15) is 25.7 Å². The summed E-state index contributed by atoms with van der Waals surface area (Å²) in [7, 11) is 3.51. The number of hydrogen-bond acceptors (Lipinski definition) is 4. The van der Waals surface area contributed by atoms with E-state index in [1.165, 1.54) is 12.1 Å². The van der Waals surface area contributed by atoms with Gasteiger partial charge in [-0.3, -0.25) is 0 Å². The zero-order valence-corrected chi connectivity index (χ0v) is 13.9. The van der Waals surface area contributed by atoms with E-state index in [1.807, 2.05) is 0 Å². The number of anilines is 1. The molecule has 0 amide bonds. The standard InChI is InChI=1S/C18H26FNO3/c1-21-12-13-4-9-16(20-15-7-5-14(19)6-8-15)18(22-2)10-3-11-23-17(13)18/h5-8,13,16-17,20H,3-4,9-12H2,1-2H3/t13-,16-,17+,18+/m1/s1. The normalized spacial score (nSPS) is 34.0. The Morgan fingerprint density at radius 3 is 2.74 bits per heavy atom. The van der Waals surface area contributed by atoms with Crippen molar-refractivity contribution < 1.29 is 18.6 Å². The van der Waals surface area contributed by atoms with Gasteiger partial charge in [0.1, 0.15) is 11.4 Å². The first-order valence-corrected chi connectivity index (χ1v) is 8.37. The SMILES string of the molecule is COC[C@H]1CC[C@@H](Nc2ccc(F)cc2)[C@@]2(OC)CCCO[C@@H]12. The van der Waals surface area contributed by atoms with E-state index in [1.54, 1.807) is 26.4 Å². The van der Waals surface area contributed by atoms with Crippen molar-refractivity contribution in [2.24, 2.45) is 5.92 Å². The molecule has 0 spiro atoms. The third-order valence-electron chi connectivity index (χ3n) is 5.28. The van der Waals surface area contributed by atoms with Crippen LogP contribution < -0.4 is 5.32 Å². The summed E-state index contributed by atoms with van der Waals surface area (Å²) in [6, 6.07) is 6.66. The molecule has 4 nitrogen and oxygen atoms in total. The van der Waals surface area contributed by atoms with Crippen molar-refractivity contribution in [2.45, 2.75) is 43.4 Å². The van der Waals surface area contributed by atoms with Gasteiger partial charge in [0.2, 0.25) is 0 Å². The highest BCUT2D eigenvalue weighted by molar-refractivity contribution is 5.45. The molecule has 23 heavy (non-hydrogen) atoms. The van der Waals surface area contributed by atoms with Gasteiger partial charge in [0.25, 0.3) is 0 Å². The summed E-state index contributed by atoms with van der Waals surface area (Å²) in [4.78, 5) is 0. The van der Waals surface area contributed by atoms with Crippen LogP contribution in [0.5, 0.6) is 0 Å². The molecule has 4 atom stereocenters. The van der Waals surface area contributed by atoms with Gasteiger partial charge >= 0.3 is 0 Å². The van der Waals surface area contributed by atoms with Gasteiger partial charge in [-0.15, -0.1) is 0 Å². The van der Waals surface area contributed by atoms with Crippen molar-refractivity contribution in [3.05, 3.63) is 30.1 Å². The van der Waals surface area contributed by atoms with Crippen LogP contribution in [0.2, 0.25) is 0 Å². The lowest BCUT2D eigenvalue weighted by Gasteiger charge is -2.54. The zero-order chi connectivity index (χ0) is 16.3. The molecule has 1 saturated heterocycles. The van der Waals surface area contributed by atoms with Crippen LogP contribution in [0.25, 0.3) is 0 Å². The van der Waals surface area contributed by atoms with Crippen LogP contribution in [0, 0.1) is 11.7 Å². The maximum absolute atomic E-state index is 13.1. The predicted molar refractivity (Wildman–Crippen MR) is 87.1 cm³/mol. The molecule has 1 aliphatic heterocycles. The molecule has 0 bridgehead atoms. The van der Waals surface area contributed by atoms with Crippen molar-refractivity contribution in [2.75, 3.05) is 32.8 Å². The Kier molecular flexibility index (Phi) is 5.19. The molecule has 0 radical (unpaired) electrons. The van der Waals surface area contributed by atoms with E-state index in [-0.39, 0.29) is 23.6 Å². The molecular weight excluding hydrogens is 297 g/mol. The first kappa shape index (κ1) is 16.7. The van der Waals surface area contributed by atoms with Crippen LogP contribution in [0.15, 0.2) is 24.3 Å². The molecule has 2 aliphatic rings. The van der Waals surface area contributed by atoms with E-state index in [9.17, 15) is 4.39 Å². The Morgan fingerprint density at radius 2 is 2.04 bits per heavy atom. The van der Waals surface area contributed by atoms with E-state index in [0.29, 0.717) is 12.5 Å². The van der Waals surface area contributed by atoms with Gasteiger partial charge in [0.15, 0.2) is 0 Å². The maximum Gasteiger partial charge on any atom is 0.123 e. The Bertz CT molecular complexity index is 509. The van der Waals surface area contributed by atoms with Crippen molar-refractivity contribution in [3.8, 4) is 0 Å². The van der Waals surface area contributed by atoms with Crippen LogP contribution in [0.4, 0.5) is 10.1 Å². The first-order valence-electron chi connectivity index (χ1n) is 8.37. The molecule has 1 heterocycles.